The molecule has 4 nitrogen and oxygen atoms in total. The van der Waals surface area contributed by atoms with Crippen molar-refractivity contribution in [2.24, 2.45) is 5.92 Å². The zero-order valence-corrected chi connectivity index (χ0v) is 15.2. The molecule has 5 heteroatoms. The number of phenols is 1. The van der Waals surface area contributed by atoms with Crippen molar-refractivity contribution in [3.05, 3.63) is 53.1 Å². The summed E-state index contributed by atoms with van der Waals surface area (Å²) in [5.41, 5.74) is 2.75. The molecule has 2 N–H and O–H groups in total. The molecule has 134 valence electrons. The Bertz CT molecular complexity index is 726. The van der Waals surface area contributed by atoms with E-state index in [1.165, 1.54) is 6.07 Å². The summed E-state index contributed by atoms with van der Waals surface area (Å²) in [5.74, 6) is -0.261. The maximum Gasteiger partial charge on any atom is 0.342 e. The van der Waals surface area contributed by atoms with Crippen LogP contribution >= 0.6 is 11.6 Å². The highest BCUT2D eigenvalue weighted by Crippen LogP contribution is 2.37. The van der Waals surface area contributed by atoms with Gasteiger partial charge in [-0.1, -0.05) is 44.2 Å². The summed E-state index contributed by atoms with van der Waals surface area (Å²) < 4.78 is 5.34. The van der Waals surface area contributed by atoms with Crippen LogP contribution in [0.4, 0.5) is 0 Å². The molecule has 0 bridgehead atoms. The molecule has 0 unspecified atom stereocenters. The monoisotopic (exact) mass is 362 g/mol. The van der Waals surface area contributed by atoms with Crippen LogP contribution in [0.5, 0.6) is 5.75 Å². The Balaban J connectivity index is 2.68. The molecular weight excluding hydrogens is 340 g/mol. The molecule has 2 rings (SSSR count). The van der Waals surface area contributed by atoms with Gasteiger partial charge in [0, 0.05) is 11.4 Å². The molecule has 0 aliphatic rings. The fourth-order valence-electron chi connectivity index (χ4n) is 2.73. The summed E-state index contributed by atoms with van der Waals surface area (Å²) in [6.45, 7) is 3.90. The van der Waals surface area contributed by atoms with Crippen molar-refractivity contribution in [2.45, 2.75) is 26.9 Å². The first-order valence-electron chi connectivity index (χ1n) is 8.26. The second kappa shape index (κ2) is 8.88. The van der Waals surface area contributed by atoms with Crippen molar-refractivity contribution in [3.63, 3.8) is 0 Å². The van der Waals surface area contributed by atoms with Crippen LogP contribution in [0.1, 0.15) is 35.3 Å². The lowest BCUT2D eigenvalue weighted by Gasteiger charge is -2.19. The van der Waals surface area contributed by atoms with Crippen LogP contribution < -0.4 is 0 Å². The lowest BCUT2D eigenvalue weighted by molar-refractivity contribution is 0.0456. The number of carbonyl (C=O) groups excluding carboxylic acids is 1. The van der Waals surface area contributed by atoms with E-state index < -0.39 is 5.97 Å². The van der Waals surface area contributed by atoms with Gasteiger partial charge in [0.15, 0.2) is 0 Å². The molecule has 2 aromatic rings. The third kappa shape index (κ3) is 4.53. The number of carbonyl (C=O) groups is 1. The zero-order chi connectivity index (χ0) is 18.4. The van der Waals surface area contributed by atoms with E-state index in [1.807, 2.05) is 44.2 Å². The number of aromatic hydroxyl groups is 1. The zero-order valence-electron chi connectivity index (χ0n) is 14.5. The molecule has 2 aromatic carbocycles. The molecule has 0 atom stereocenters. The first-order valence-corrected chi connectivity index (χ1v) is 8.80. The lowest BCUT2D eigenvalue weighted by atomic mass is 9.89. The molecule has 0 fully saturated rings. The van der Waals surface area contributed by atoms with E-state index >= 15 is 0 Å². The molecule has 0 heterocycles. The Morgan fingerprint density at radius 3 is 2.48 bits per heavy atom. The normalized spacial score (nSPS) is 10.9. The summed E-state index contributed by atoms with van der Waals surface area (Å²) in [7, 11) is 0. The molecule has 0 aliphatic heterocycles. The van der Waals surface area contributed by atoms with E-state index in [-0.39, 0.29) is 30.4 Å². The molecule has 0 spiro atoms. The van der Waals surface area contributed by atoms with Gasteiger partial charge < -0.3 is 14.9 Å². The SMILES string of the molecule is CC(C)COC(=O)c1c(O)cc(CO)c(CCCl)c1-c1ccccc1. The number of rotatable bonds is 7. The highest BCUT2D eigenvalue weighted by molar-refractivity contribution is 6.18. The van der Waals surface area contributed by atoms with Crippen molar-refractivity contribution in [1.29, 1.82) is 0 Å². The van der Waals surface area contributed by atoms with Gasteiger partial charge in [-0.2, -0.15) is 0 Å². The predicted octanol–water partition coefficient (Wildman–Crippen LogP) is 4.15. The number of aliphatic hydroxyl groups excluding tert-OH is 1. The fraction of sp³-hybridized carbons (Fsp3) is 0.350. The first-order chi connectivity index (χ1) is 12.0. The standard InChI is InChI=1S/C20H23ClO4/c1-13(2)12-25-20(24)19-17(23)10-15(11-22)16(8-9-21)18(19)14-6-4-3-5-7-14/h3-7,10,13,22-23H,8-9,11-12H2,1-2H3. The highest BCUT2D eigenvalue weighted by atomic mass is 35.5. The number of benzene rings is 2. The minimum Gasteiger partial charge on any atom is -0.507 e. The molecule has 0 saturated carbocycles. The van der Waals surface area contributed by atoms with Crippen LogP contribution in [0, 0.1) is 5.92 Å². The van der Waals surface area contributed by atoms with E-state index in [0.29, 0.717) is 23.4 Å². The number of alkyl halides is 1. The van der Waals surface area contributed by atoms with Gasteiger partial charge in [-0.3, -0.25) is 0 Å². The molecule has 25 heavy (non-hydrogen) atoms. The predicted molar refractivity (Wildman–Crippen MR) is 99.0 cm³/mol. The first kappa shape index (κ1) is 19.3. The Morgan fingerprint density at radius 1 is 1.24 bits per heavy atom. The second-order valence-electron chi connectivity index (χ2n) is 6.24. The lowest BCUT2D eigenvalue weighted by Crippen LogP contribution is -2.14. The van der Waals surface area contributed by atoms with E-state index in [9.17, 15) is 15.0 Å². The second-order valence-corrected chi connectivity index (χ2v) is 6.62. The third-order valence-electron chi connectivity index (χ3n) is 3.84. The molecule has 0 aliphatic carbocycles. The minimum atomic E-state index is -0.578. The third-order valence-corrected chi connectivity index (χ3v) is 4.02. The highest BCUT2D eigenvalue weighted by Gasteiger charge is 2.24. The van der Waals surface area contributed by atoms with Gasteiger partial charge in [-0.25, -0.2) is 4.79 Å². The molecule has 0 aromatic heterocycles. The number of hydrogen-bond acceptors (Lipinski definition) is 4. The van der Waals surface area contributed by atoms with Crippen molar-refractivity contribution >= 4 is 17.6 Å². The van der Waals surface area contributed by atoms with Crippen molar-refractivity contribution in [2.75, 3.05) is 12.5 Å². The molecule has 0 radical (unpaired) electrons. The van der Waals surface area contributed by atoms with Crippen LogP contribution in [0.3, 0.4) is 0 Å². The molecule has 0 amide bonds. The maximum atomic E-state index is 12.6. The number of halogens is 1. The van der Waals surface area contributed by atoms with Crippen LogP contribution in [0.15, 0.2) is 36.4 Å². The number of hydrogen-bond donors (Lipinski definition) is 2. The van der Waals surface area contributed by atoms with Crippen LogP contribution in [-0.4, -0.2) is 28.7 Å². The average Bonchev–Trinajstić information content (AvgIpc) is 2.61. The maximum absolute atomic E-state index is 12.6. The van der Waals surface area contributed by atoms with Gasteiger partial charge in [-0.05, 0) is 35.1 Å². The molecular formula is C20H23ClO4. The summed E-state index contributed by atoms with van der Waals surface area (Å²) in [5, 5.41) is 20.1. The molecule has 0 saturated heterocycles. The fourth-order valence-corrected chi connectivity index (χ4v) is 2.92. The largest absolute Gasteiger partial charge is 0.507 e. The van der Waals surface area contributed by atoms with Gasteiger partial charge in [0.2, 0.25) is 0 Å². The van der Waals surface area contributed by atoms with E-state index in [1.54, 1.807) is 0 Å². The smallest absolute Gasteiger partial charge is 0.342 e. The number of phenolic OH excluding ortho intramolecular Hbond substituents is 1. The Kier molecular flexibility index (Phi) is 6.85. The number of aliphatic hydroxyl groups is 1. The minimum absolute atomic E-state index is 0.115. The Morgan fingerprint density at radius 2 is 1.92 bits per heavy atom. The quantitative estimate of drug-likeness (QED) is 0.573. The average molecular weight is 363 g/mol. The van der Waals surface area contributed by atoms with E-state index in [4.69, 9.17) is 16.3 Å². The van der Waals surface area contributed by atoms with Gasteiger partial charge in [-0.15, -0.1) is 11.6 Å². The van der Waals surface area contributed by atoms with E-state index in [0.717, 1.165) is 11.1 Å². The van der Waals surface area contributed by atoms with Gasteiger partial charge in [0.25, 0.3) is 0 Å². The van der Waals surface area contributed by atoms with Gasteiger partial charge >= 0.3 is 5.97 Å². The van der Waals surface area contributed by atoms with Gasteiger partial charge in [0.1, 0.15) is 11.3 Å². The van der Waals surface area contributed by atoms with Crippen LogP contribution in [0.25, 0.3) is 11.1 Å². The van der Waals surface area contributed by atoms with Crippen LogP contribution in [0.2, 0.25) is 0 Å². The van der Waals surface area contributed by atoms with Crippen molar-refractivity contribution < 1.29 is 19.7 Å². The summed E-state index contributed by atoms with van der Waals surface area (Å²) >= 11 is 5.94. The summed E-state index contributed by atoms with van der Waals surface area (Å²) in [6, 6.07) is 10.7. The van der Waals surface area contributed by atoms with E-state index in [2.05, 4.69) is 0 Å². The number of ether oxygens (including phenoxy) is 1. The Hall–Kier alpha value is -2.04. The number of esters is 1. The van der Waals surface area contributed by atoms with Crippen molar-refractivity contribution in [1.82, 2.24) is 0 Å². The Labute approximate surface area is 153 Å². The van der Waals surface area contributed by atoms with Crippen molar-refractivity contribution in [3.8, 4) is 16.9 Å². The summed E-state index contributed by atoms with van der Waals surface area (Å²) in [6.07, 6.45) is 0.465. The van der Waals surface area contributed by atoms with Gasteiger partial charge in [0.05, 0.1) is 13.2 Å². The van der Waals surface area contributed by atoms with Crippen LogP contribution in [-0.2, 0) is 17.8 Å². The summed E-state index contributed by atoms with van der Waals surface area (Å²) in [4.78, 5) is 12.6. The topological polar surface area (TPSA) is 66.8 Å².